The molecule has 4 rings (SSSR count). The lowest BCUT2D eigenvalue weighted by Gasteiger charge is -2.36. The SMILES string of the molecule is Bc1cnn2c(NCc3cccnc3)cc(N3CC(C)OC(C)C3)nc12. The van der Waals surface area contributed by atoms with Gasteiger partial charge in [0, 0.05) is 44.3 Å². The average molecular weight is 350 g/mol. The van der Waals surface area contributed by atoms with Crippen LogP contribution in [0.25, 0.3) is 5.65 Å². The Morgan fingerprint density at radius 3 is 2.81 bits per heavy atom. The number of hydrogen-bond donors (Lipinski definition) is 1. The molecule has 4 heterocycles. The molecule has 0 radical (unpaired) electrons. The molecule has 1 N–H and O–H groups in total. The van der Waals surface area contributed by atoms with Gasteiger partial charge in [0.15, 0.2) is 5.65 Å². The summed E-state index contributed by atoms with van der Waals surface area (Å²) in [5.74, 6) is 1.88. The first-order valence-electron chi connectivity index (χ1n) is 8.98. The molecule has 26 heavy (non-hydrogen) atoms. The second-order valence-corrected chi connectivity index (χ2v) is 6.94. The van der Waals surface area contributed by atoms with Gasteiger partial charge in [0.05, 0.1) is 12.2 Å². The van der Waals surface area contributed by atoms with Crippen molar-refractivity contribution in [2.24, 2.45) is 0 Å². The van der Waals surface area contributed by atoms with Gasteiger partial charge in [-0.2, -0.15) is 9.61 Å². The normalized spacial score (nSPS) is 20.5. The van der Waals surface area contributed by atoms with Gasteiger partial charge in [-0.15, -0.1) is 0 Å². The van der Waals surface area contributed by atoms with E-state index >= 15 is 0 Å². The third-order valence-corrected chi connectivity index (χ3v) is 4.57. The van der Waals surface area contributed by atoms with Gasteiger partial charge in [-0.1, -0.05) is 6.07 Å². The molecule has 0 aliphatic carbocycles. The Kier molecular flexibility index (Phi) is 4.50. The highest BCUT2D eigenvalue weighted by Gasteiger charge is 2.24. The van der Waals surface area contributed by atoms with E-state index in [1.165, 1.54) is 0 Å². The van der Waals surface area contributed by atoms with E-state index in [4.69, 9.17) is 9.72 Å². The predicted octanol–water partition coefficient (Wildman–Crippen LogP) is 0.608. The molecule has 7 nitrogen and oxygen atoms in total. The third-order valence-electron chi connectivity index (χ3n) is 4.57. The fourth-order valence-corrected chi connectivity index (χ4v) is 3.41. The summed E-state index contributed by atoms with van der Waals surface area (Å²) in [6.45, 7) is 6.56. The fraction of sp³-hybridized carbons (Fsp3) is 0.389. The standard InChI is InChI=1S/C18H23BN6O/c1-12-10-24(11-13(2)26-12)17-6-16(21-8-14-4-3-5-20-7-14)25-18(23-17)15(19)9-22-25/h3-7,9,12-13,21H,8,10-11,19H2,1-2H3. The maximum Gasteiger partial charge on any atom is 0.153 e. The van der Waals surface area contributed by atoms with E-state index in [2.05, 4.69) is 46.3 Å². The number of pyridine rings is 1. The zero-order valence-electron chi connectivity index (χ0n) is 15.4. The maximum atomic E-state index is 5.86. The lowest BCUT2D eigenvalue weighted by atomic mass is 10.0. The number of ether oxygens (including phenoxy) is 1. The number of anilines is 2. The van der Waals surface area contributed by atoms with Crippen LogP contribution in [0.5, 0.6) is 0 Å². The van der Waals surface area contributed by atoms with E-state index in [0.717, 1.165) is 41.4 Å². The van der Waals surface area contributed by atoms with Crippen molar-refractivity contribution in [3.63, 3.8) is 0 Å². The van der Waals surface area contributed by atoms with Crippen molar-refractivity contribution in [1.82, 2.24) is 19.6 Å². The highest BCUT2D eigenvalue weighted by atomic mass is 16.5. The van der Waals surface area contributed by atoms with Crippen LogP contribution in [0.1, 0.15) is 19.4 Å². The van der Waals surface area contributed by atoms with Crippen LogP contribution < -0.4 is 15.7 Å². The van der Waals surface area contributed by atoms with E-state index in [9.17, 15) is 0 Å². The Balaban J connectivity index is 1.67. The van der Waals surface area contributed by atoms with Crippen molar-refractivity contribution < 1.29 is 4.74 Å². The molecule has 134 valence electrons. The molecule has 3 aromatic heterocycles. The smallest absolute Gasteiger partial charge is 0.153 e. The van der Waals surface area contributed by atoms with Gasteiger partial charge in [-0.25, -0.2) is 4.98 Å². The van der Waals surface area contributed by atoms with Crippen LogP contribution in [-0.4, -0.2) is 52.7 Å². The first kappa shape index (κ1) is 16.8. The highest BCUT2D eigenvalue weighted by Crippen LogP contribution is 2.23. The topological polar surface area (TPSA) is 67.6 Å². The molecule has 1 aliphatic rings. The van der Waals surface area contributed by atoms with Gasteiger partial charge in [0.1, 0.15) is 19.5 Å². The molecule has 2 atom stereocenters. The molecular formula is C18H23BN6O. The van der Waals surface area contributed by atoms with Crippen LogP contribution in [0.3, 0.4) is 0 Å². The van der Waals surface area contributed by atoms with Gasteiger partial charge >= 0.3 is 0 Å². The molecule has 0 saturated carbocycles. The van der Waals surface area contributed by atoms with E-state index in [1.807, 2.05) is 30.8 Å². The summed E-state index contributed by atoms with van der Waals surface area (Å²) in [6.07, 6.45) is 5.88. The molecule has 0 spiro atoms. The van der Waals surface area contributed by atoms with Crippen molar-refractivity contribution in [2.75, 3.05) is 23.3 Å². The van der Waals surface area contributed by atoms with Gasteiger partial charge in [-0.3, -0.25) is 4.98 Å². The van der Waals surface area contributed by atoms with Gasteiger partial charge < -0.3 is 15.0 Å². The van der Waals surface area contributed by atoms with Crippen molar-refractivity contribution in [1.29, 1.82) is 0 Å². The molecule has 0 amide bonds. The Labute approximate surface area is 153 Å². The molecule has 1 aliphatic heterocycles. The van der Waals surface area contributed by atoms with Gasteiger partial charge in [0.25, 0.3) is 0 Å². The van der Waals surface area contributed by atoms with Crippen LogP contribution in [0.2, 0.25) is 0 Å². The fourth-order valence-electron chi connectivity index (χ4n) is 3.41. The summed E-state index contributed by atoms with van der Waals surface area (Å²) < 4.78 is 7.72. The van der Waals surface area contributed by atoms with E-state index < -0.39 is 0 Å². The lowest BCUT2D eigenvalue weighted by molar-refractivity contribution is -0.00544. The molecule has 8 heteroatoms. The van der Waals surface area contributed by atoms with Gasteiger partial charge in [-0.05, 0) is 30.9 Å². The monoisotopic (exact) mass is 350 g/mol. The number of fused-ring (bicyclic) bond motifs is 1. The Morgan fingerprint density at radius 2 is 2.08 bits per heavy atom. The minimum absolute atomic E-state index is 0.189. The second-order valence-electron chi connectivity index (χ2n) is 6.94. The molecule has 1 fully saturated rings. The lowest BCUT2D eigenvalue weighted by Crippen LogP contribution is -2.46. The van der Waals surface area contributed by atoms with Crippen LogP contribution in [-0.2, 0) is 11.3 Å². The summed E-state index contributed by atoms with van der Waals surface area (Å²) in [4.78, 5) is 11.3. The molecule has 1 saturated heterocycles. The minimum Gasteiger partial charge on any atom is -0.372 e. The average Bonchev–Trinajstić information content (AvgIpc) is 3.01. The minimum atomic E-state index is 0.189. The molecule has 2 unspecified atom stereocenters. The molecule has 3 aromatic rings. The summed E-state index contributed by atoms with van der Waals surface area (Å²) >= 11 is 0. The number of rotatable bonds is 4. The van der Waals surface area contributed by atoms with E-state index in [-0.39, 0.29) is 12.2 Å². The van der Waals surface area contributed by atoms with Crippen LogP contribution in [0, 0.1) is 0 Å². The van der Waals surface area contributed by atoms with Crippen LogP contribution in [0.15, 0.2) is 36.8 Å². The molecular weight excluding hydrogens is 327 g/mol. The third kappa shape index (κ3) is 3.37. The number of morpholine rings is 1. The summed E-state index contributed by atoms with van der Waals surface area (Å²) in [6, 6.07) is 6.07. The van der Waals surface area contributed by atoms with Crippen molar-refractivity contribution in [3.8, 4) is 0 Å². The first-order valence-corrected chi connectivity index (χ1v) is 8.98. The number of hydrogen-bond acceptors (Lipinski definition) is 6. The molecule has 0 bridgehead atoms. The largest absolute Gasteiger partial charge is 0.372 e. The Hall–Kier alpha value is -2.61. The number of nitrogens with zero attached hydrogens (tertiary/aromatic N) is 5. The second kappa shape index (κ2) is 6.95. The van der Waals surface area contributed by atoms with E-state index in [1.54, 1.807) is 6.20 Å². The Morgan fingerprint density at radius 1 is 1.27 bits per heavy atom. The van der Waals surface area contributed by atoms with Crippen LogP contribution in [0.4, 0.5) is 11.6 Å². The zero-order chi connectivity index (χ0) is 18.1. The summed E-state index contributed by atoms with van der Waals surface area (Å²) in [5, 5.41) is 7.96. The summed E-state index contributed by atoms with van der Waals surface area (Å²) in [5.41, 5.74) is 3.06. The molecule has 0 aromatic carbocycles. The van der Waals surface area contributed by atoms with Gasteiger partial charge in [0.2, 0.25) is 0 Å². The predicted molar refractivity (Wildman–Crippen MR) is 105 cm³/mol. The zero-order valence-corrected chi connectivity index (χ0v) is 15.4. The number of nitrogens with one attached hydrogen (secondary N) is 1. The van der Waals surface area contributed by atoms with E-state index in [0.29, 0.717) is 6.54 Å². The van der Waals surface area contributed by atoms with Crippen molar-refractivity contribution >= 4 is 30.6 Å². The highest BCUT2D eigenvalue weighted by molar-refractivity contribution is 6.36. The first-order chi connectivity index (χ1) is 12.6. The van der Waals surface area contributed by atoms with Crippen molar-refractivity contribution in [2.45, 2.75) is 32.6 Å². The number of aromatic nitrogens is 4. The van der Waals surface area contributed by atoms with Crippen molar-refractivity contribution in [3.05, 3.63) is 42.4 Å². The summed E-state index contributed by atoms with van der Waals surface area (Å²) in [7, 11) is 2.04. The Bertz CT molecular complexity index is 889. The maximum absolute atomic E-state index is 5.86. The quantitative estimate of drug-likeness (QED) is 0.696. The van der Waals surface area contributed by atoms with Crippen LogP contribution >= 0.6 is 0 Å².